The van der Waals surface area contributed by atoms with Crippen molar-refractivity contribution in [2.45, 2.75) is 58.4 Å². The maximum atomic E-state index is 5.24. The molecule has 3 rings (SSSR count). The lowest BCUT2D eigenvalue weighted by molar-refractivity contribution is 0.644. The van der Waals surface area contributed by atoms with Gasteiger partial charge < -0.3 is 4.90 Å². The second kappa shape index (κ2) is 8.35. The maximum absolute atomic E-state index is 5.24. The van der Waals surface area contributed by atoms with Gasteiger partial charge in [0.25, 0.3) is 0 Å². The summed E-state index contributed by atoms with van der Waals surface area (Å²) in [5.41, 5.74) is 4.79. The molecule has 0 bridgehead atoms. The lowest BCUT2D eigenvalue weighted by Crippen LogP contribution is -2.30. The van der Waals surface area contributed by atoms with E-state index in [2.05, 4.69) is 87.0 Å². The molecule has 1 aliphatic carbocycles. The van der Waals surface area contributed by atoms with E-state index < -0.39 is 0 Å². The van der Waals surface area contributed by atoms with E-state index in [0.29, 0.717) is 6.04 Å². The van der Waals surface area contributed by atoms with Gasteiger partial charge in [-0.1, -0.05) is 68.8 Å². The molecule has 1 unspecified atom stereocenters. The zero-order chi connectivity index (χ0) is 18.5. The van der Waals surface area contributed by atoms with Gasteiger partial charge in [-0.2, -0.15) is 0 Å². The van der Waals surface area contributed by atoms with Crippen molar-refractivity contribution in [1.82, 2.24) is 4.90 Å². The molecule has 1 fully saturated rings. The van der Waals surface area contributed by atoms with E-state index >= 15 is 0 Å². The van der Waals surface area contributed by atoms with Crippen molar-refractivity contribution in [3.8, 4) is 0 Å². The van der Waals surface area contributed by atoms with Gasteiger partial charge in [-0.3, -0.25) is 4.99 Å². The number of nitrogens with zero attached hydrogens (tertiary/aromatic N) is 2. The highest BCUT2D eigenvalue weighted by Gasteiger charge is 2.25. The molecule has 1 saturated carbocycles. The third-order valence-electron chi connectivity index (χ3n) is 5.37. The van der Waals surface area contributed by atoms with E-state index in [1.54, 1.807) is 0 Å². The summed E-state index contributed by atoms with van der Waals surface area (Å²) in [6, 6.07) is 11.1. The van der Waals surface area contributed by atoms with Gasteiger partial charge in [0, 0.05) is 17.8 Å². The van der Waals surface area contributed by atoms with Crippen LogP contribution in [0.25, 0.3) is 0 Å². The van der Waals surface area contributed by atoms with Crippen LogP contribution in [-0.2, 0) is 0 Å². The topological polar surface area (TPSA) is 15.6 Å². The van der Waals surface area contributed by atoms with Crippen LogP contribution in [0.2, 0.25) is 0 Å². The average molecular weight is 347 g/mol. The molecule has 26 heavy (non-hydrogen) atoms. The number of allylic oxidation sites excluding steroid dienone is 4. The first-order valence-corrected chi connectivity index (χ1v) is 9.74. The lowest BCUT2D eigenvalue weighted by atomic mass is 9.91. The fourth-order valence-electron chi connectivity index (χ4n) is 3.81. The zero-order valence-corrected chi connectivity index (χ0v) is 16.3. The molecule has 1 aromatic rings. The van der Waals surface area contributed by atoms with Crippen molar-refractivity contribution in [2.75, 3.05) is 0 Å². The molecule has 136 valence electrons. The number of aliphatic imine (C=N–C) groups is 1. The zero-order valence-electron chi connectivity index (χ0n) is 16.3. The minimum atomic E-state index is 0.286. The van der Waals surface area contributed by atoms with Gasteiger partial charge in [0.05, 0.1) is 6.04 Å². The summed E-state index contributed by atoms with van der Waals surface area (Å²) < 4.78 is 0. The average Bonchev–Trinajstić information content (AvgIpc) is 3.17. The van der Waals surface area contributed by atoms with Crippen LogP contribution in [0.15, 0.2) is 83.2 Å². The van der Waals surface area contributed by atoms with Crippen molar-refractivity contribution in [3.63, 3.8) is 0 Å². The van der Waals surface area contributed by atoms with E-state index in [0.717, 1.165) is 11.5 Å². The fourth-order valence-corrected chi connectivity index (χ4v) is 3.81. The second-order valence-corrected chi connectivity index (χ2v) is 7.34. The van der Waals surface area contributed by atoms with Crippen LogP contribution in [0.1, 0.15) is 57.9 Å². The van der Waals surface area contributed by atoms with Crippen LogP contribution in [-0.4, -0.2) is 16.8 Å². The van der Waals surface area contributed by atoms with Crippen molar-refractivity contribution >= 4 is 5.84 Å². The first-order valence-electron chi connectivity index (χ1n) is 9.74. The van der Waals surface area contributed by atoms with Gasteiger partial charge >= 0.3 is 0 Å². The lowest BCUT2D eigenvalue weighted by Gasteiger charge is -2.30. The van der Waals surface area contributed by atoms with Crippen LogP contribution in [0.3, 0.4) is 0 Å². The Morgan fingerprint density at radius 2 is 1.88 bits per heavy atom. The molecule has 0 saturated heterocycles. The number of rotatable bonds is 4. The van der Waals surface area contributed by atoms with Crippen molar-refractivity contribution in [3.05, 3.63) is 83.7 Å². The first-order chi connectivity index (χ1) is 12.6. The molecular formula is C24H30N2. The highest BCUT2D eigenvalue weighted by Crippen LogP contribution is 2.31. The minimum Gasteiger partial charge on any atom is -0.302 e. The highest BCUT2D eigenvalue weighted by atomic mass is 15.2. The SMILES string of the molecule is C=C1C=CC(C)=CN1C(=NC1CCCC1)/C(=C\C)C(C)c1ccccc1. The summed E-state index contributed by atoms with van der Waals surface area (Å²) >= 11 is 0. The molecule has 1 atom stereocenters. The Morgan fingerprint density at radius 1 is 1.19 bits per heavy atom. The van der Waals surface area contributed by atoms with Crippen molar-refractivity contribution < 1.29 is 0 Å². The van der Waals surface area contributed by atoms with Gasteiger partial charge in [-0.15, -0.1) is 0 Å². The normalized spacial score (nSPS) is 20.5. The molecule has 0 radical (unpaired) electrons. The Kier molecular flexibility index (Phi) is 5.92. The predicted molar refractivity (Wildman–Crippen MR) is 112 cm³/mol. The summed E-state index contributed by atoms with van der Waals surface area (Å²) in [4.78, 5) is 7.42. The van der Waals surface area contributed by atoms with Crippen LogP contribution >= 0.6 is 0 Å². The molecule has 2 heteroatoms. The Labute approximate surface area is 158 Å². The molecule has 2 nitrogen and oxygen atoms in total. The smallest absolute Gasteiger partial charge is 0.135 e. The summed E-state index contributed by atoms with van der Waals surface area (Å²) in [7, 11) is 0. The number of amidine groups is 1. The Balaban J connectivity index is 2.01. The van der Waals surface area contributed by atoms with E-state index in [1.165, 1.54) is 42.4 Å². The standard InChI is InChI=1S/C24H30N2/c1-5-23(20(4)21-11-7-6-8-12-21)24(25-22-13-9-10-14-22)26-17-18(2)15-16-19(26)3/h5-8,11-12,15-17,20,22H,3,9-10,13-14H2,1-2,4H3/b23-5-,25-24?. The Hall–Kier alpha value is -2.35. The van der Waals surface area contributed by atoms with E-state index in [4.69, 9.17) is 4.99 Å². The van der Waals surface area contributed by atoms with E-state index in [9.17, 15) is 0 Å². The molecule has 1 aliphatic heterocycles. The van der Waals surface area contributed by atoms with Crippen LogP contribution in [0, 0.1) is 0 Å². The van der Waals surface area contributed by atoms with E-state index in [1.807, 2.05) is 0 Å². The van der Waals surface area contributed by atoms with Gasteiger partial charge in [0.2, 0.25) is 0 Å². The summed E-state index contributed by atoms with van der Waals surface area (Å²) in [5.74, 6) is 1.35. The summed E-state index contributed by atoms with van der Waals surface area (Å²) in [5, 5.41) is 0. The van der Waals surface area contributed by atoms with Crippen molar-refractivity contribution in [2.24, 2.45) is 4.99 Å². The van der Waals surface area contributed by atoms with Crippen LogP contribution in [0.4, 0.5) is 0 Å². The summed E-state index contributed by atoms with van der Waals surface area (Å²) in [6.07, 6.45) is 13.5. The highest BCUT2D eigenvalue weighted by molar-refractivity contribution is 6.01. The number of hydrogen-bond donors (Lipinski definition) is 0. The Morgan fingerprint density at radius 3 is 2.54 bits per heavy atom. The third-order valence-corrected chi connectivity index (χ3v) is 5.37. The molecule has 0 spiro atoms. The van der Waals surface area contributed by atoms with Gasteiger partial charge in [0.1, 0.15) is 5.84 Å². The summed E-state index contributed by atoms with van der Waals surface area (Å²) in [6.45, 7) is 10.8. The Bertz CT molecular complexity index is 759. The van der Waals surface area contributed by atoms with Crippen LogP contribution < -0.4 is 0 Å². The minimum absolute atomic E-state index is 0.286. The third kappa shape index (κ3) is 4.07. The first kappa shape index (κ1) is 18.4. The second-order valence-electron chi connectivity index (χ2n) is 7.34. The molecule has 1 aromatic carbocycles. The van der Waals surface area contributed by atoms with E-state index in [-0.39, 0.29) is 5.92 Å². The number of benzene rings is 1. The molecule has 2 aliphatic rings. The number of hydrogen-bond acceptors (Lipinski definition) is 1. The molecule has 1 heterocycles. The van der Waals surface area contributed by atoms with Gasteiger partial charge in [-0.25, -0.2) is 0 Å². The largest absolute Gasteiger partial charge is 0.302 e. The molecule has 0 amide bonds. The molecule has 0 aromatic heterocycles. The predicted octanol–water partition coefficient (Wildman–Crippen LogP) is 6.37. The van der Waals surface area contributed by atoms with Gasteiger partial charge in [-0.05, 0) is 49.5 Å². The monoisotopic (exact) mass is 346 g/mol. The van der Waals surface area contributed by atoms with Crippen molar-refractivity contribution in [1.29, 1.82) is 0 Å². The molecule has 0 N–H and O–H groups in total. The van der Waals surface area contributed by atoms with Gasteiger partial charge in [0.15, 0.2) is 0 Å². The quantitative estimate of drug-likeness (QED) is 0.457. The fraction of sp³-hybridized carbons (Fsp3) is 0.375. The van der Waals surface area contributed by atoms with Crippen LogP contribution in [0.5, 0.6) is 0 Å². The maximum Gasteiger partial charge on any atom is 0.135 e. The molecular weight excluding hydrogens is 316 g/mol.